The summed E-state index contributed by atoms with van der Waals surface area (Å²) in [5.41, 5.74) is 5.78. The van der Waals surface area contributed by atoms with Gasteiger partial charge in [0.1, 0.15) is 11.2 Å². The molecule has 0 amide bonds. The molecule has 7 aromatic rings. The number of fused-ring (bicyclic) bond motifs is 14. The molecule has 3 N–H and O–H groups in total. The van der Waals surface area contributed by atoms with E-state index in [1.54, 1.807) is 0 Å². The number of hydrogen-bond donors (Lipinski definition) is 3. The summed E-state index contributed by atoms with van der Waals surface area (Å²) in [6.45, 7) is 4.10. The summed E-state index contributed by atoms with van der Waals surface area (Å²) in [6.07, 6.45) is 5.58. The number of benzene rings is 4. The van der Waals surface area contributed by atoms with Crippen molar-refractivity contribution in [2.45, 2.75) is 19.3 Å². The minimum absolute atomic E-state index is 0.465. The van der Waals surface area contributed by atoms with Crippen LogP contribution in [0.4, 0.5) is 5.69 Å². The monoisotopic (exact) mass is 540 g/mol. The van der Waals surface area contributed by atoms with Crippen molar-refractivity contribution in [3.05, 3.63) is 103 Å². The van der Waals surface area contributed by atoms with E-state index < -0.39 is 13.1 Å². The van der Waals surface area contributed by atoms with Gasteiger partial charge < -0.3 is 24.5 Å². The lowest BCUT2D eigenvalue weighted by Gasteiger charge is -2.25. The van der Waals surface area contributed by atoms with E-state index in [1.807, 2.05) is 74.8 Å². The fraction of sp³-hybridized carbons (Fsp3) is 0.0909. The number of hydrogen-bond acceptors (Lipinski definition) is 5. The molecule has 0 spiro atoms. The Morgan fingerprint density at radius 3 is 2.23 bits per heavy atom. The average Bonchev–Trinajstić information content (AvgIpc) is 3.52. The highest BCUT2D eigenvalue weighted by Crippen LogP contribution is 2.51. The summed E-state index contributed by atoms with van der Waals surface area (Å²) in [5.74, 6) is 0. The van der Waals surface area contributed by atoms with Crippen molar-refractivity contribution in [3.8, 4) is 5.30 Å². The quantitative estimate of drug-likeness (QED) is 0.179. The first-order valence-electron chi connectivity index (χ1n) is 13.2. The van der Waals surface area contributed by atoms with Crippen molar-refractivity contribution < 1.29 is 8.83 Å². The molecular weight excluding hydrogens is 515 g/mol. The maximum absolute atomic E-state index is 8.90. The SMILES string of the molecule is CC1(C)C(=N)/C=C\Nc2c(ccc3c2oc2ccccc23)-p2nc1cc[nH]c1c3oc4ccccc4c3ccc12. The van der Waals surface area contributed by atoms with E-state index in [0.29, 0.717) is 5.71 Å². The first-order chi connectivity index (χ1) is 19.5. The molecule has 7 heteroatoms. The zero-order valence-electron chi connectivity index (χ0n) is 21.9. The number of furan rings is 2. The van der Waals surface area contributed by atoms with Crippen LogP contribution in [0, 0.1) is 5.41 Å². The summed E-state index contributed by atoms with van der Waals surface area (Å²) in [6, 6.07) is 26.9. The van der Waals surface area contributed by atoms with Crippen LogP contribution in [-0.2, 0) is 5.41 Å². The van der Waals surface area contributed by atoms with E-state index in [-0.39, 0.29) is 0 Å². The Hall–Kier alpha value is -4.80. The zero-order valence-corrected chi connectivity index (χ0v) is 22.8. The summed E-state index contributed by atoms with van der Waals surface area (Å²) in [7, 11) is -1.29. The molecule has 0 fully saturated rings. The number of nitrogens with zero attached hydrogens (tertiary/aromatic N) is 1. The van der Waals surface area contributed by atoms with Crippen LogP contribution in [-0.4, -0.2) is 15.4 Å². The van der Waals surface area contributed by atoms with Gasteiger partial charge >= 0.3 is 0 Å². The Morgan fingerprint density at radius 1 is 0.775 bits per heavy atom. The van der Waals surface area contributed by atoms with Crippen LogP contribution in [0.3, 0.4) is 0 Å². The van der Waals surface area contributed by atoms with Gasteiger partial charge in [-0.1, -0.05) is 36.4 Å². The number of nitrogens with one attached hydrogen (secondary N) is 3. The molecule has 3 aromatic heterocycles. The number of aromatic nitrogens is 2. The number of allylic oxidation sites excluding steroid dienone is 1. The second-order valence-electron chi connectivity index (χ2n) is 10.7. The molecule has 1 aliphatic heterocycles. The molecule has 1 unspecified atom stereocenters. The Labute approximate surface area is 230 Å². The third kappa shape index (κ3) is 3.23. The van der Waals surface area contributed by atoms with Crippen LogP contribution in [0.1, 0.15) is 19.5 Å². The molecule has 194 valence electrons. The molecule has 2 bridgehead atoms. The van der Waals surface area contributed by atoms with Crippen LogP contribution in [0.2, 0.25) is 0 Å². The van der Waals surface area contributed by atoms with Gasteiger partial charge in [0.25, 0.3) is 0 Å². The molecule has 4 aromatic carbocycles. The van der Waals surface area contributed by atoms with Gasteiger partial charge in [0, 0.05) is 63.2 Å². The van der Waals surface area contributed by atoms with Crippen LogP contribution in [0.15, 0.2) is 106 Å². The standard InChI is InChI=1S/C33H25N4O2P/c1-33(2)27(34)15-17-35-29-25(13-11-21-19-7-3-5-9-23(19)38-31(21)29)40-26-14-12-22-20-8-4-6-10-24(20)39-32(22)30(26)36-18-16-28(33)37-40/h3-18,34-36H,1-2H3/b17-15-,18-16?,34-27?,37-28?. The Balaban J connectivity index is 1.56. The Morgan fingerprint density at radius 2 is 1.45 bits per heavy atom. The highest BCUT2D eigenvalue weighted by atomic mass is 31.1. The maximum atomic E-state index is 8.90. The lowest BCUT2D eigenvalue weighted by molar-refractivity contribution is 0.670. The highest BCUT2D eigenvalue weighted by Gasteiger charge is 2.28. The molecular formula is C33H25N4O2P. The number of anilines is 1. The van der Waals surface area contributed by atoms with E-state index >= 15 is 0 Å². The Bertz CT molecular complexity index is 2260. The second kappa shape index (κ2) is 8.35. The van der Waals surface area contributed by atoms with E-state index in [4.69, 9.17) is 19.0 Å². The summed E-state index contributed by atoms with van der Waals surface area (Å²) < 4.78 is 18.3. The molecule has 0 aliphatic carbocycles. The van der Waals surface area contributed by atoms with Gasteiger partial charge in [-0.25, -0.2) is 4.75 Å². The molecule has 0 saturated carbocycles. The van der Waals surface area contributed by atoms with Gasteiger partial charge in [-0.2, -0.15) is 0 Å². The van der Waals surface area contributed by atoms with Crippen molar-refractivity contribution in [2.24, 2.45) is 0 Å². The minimum Gasteiger partial charge on any atom is -0.454 e. The van der Waals surface area contributed by atoms with Gasteiger partial charge in [-0.05, 0) is 62.4 Å². The maximum Gasteiger partial charge on any atom is 0.159 e. The number of rotatable bonds is 0. The predicted molar refractivity (Wildman–Crippen MR) is 166 cm³/mol. The van der Waals surface area contributed by atoms with Crippen molar-refractivity contribution >= 4 is 73.6 Å². The van der Waals surface area contributed by atoms with Gasteiger partial charge in [0.05, 0.1) is 16.9 Å². The molecule has 0 saturated heterocycles. The fourth-order valence-corrected chi connectivity index (χ4v) is 7.85. The summed E-state index contributed by atoms with van der Waals surface area (Å²) in [4.78, 5) is 3.55. The zero-order chi connectivity index (χ0) is 27.0. The molecule has 0 radical (unpaired) electrons. The number of para-hydroxylation sites is 2. The minimum atomic E-state index is -1.29. The summed E-state index contributed by atoms with van der Waals surface area (Å²) in [5, 5.41) is 18.8. The fourth-order valence-electron chi connectivity index (χ4n) is 5.66. The van der Waals surface area contributed by atoms with E-state index in [0.717, 1.165) is 71.2 Å². The van der Waals surface area contributed by atoms with E-state index in [9.17, 15) is 0 Å². The smallest absolute Gasteiger partial charge is 0.159 e. The highest BCUT2D eigenvalue weighted by molar-refractivity contribution is 7.59. The normalized spacial score (nSPS) is 15.8. The largest absolute Gasteiger partial charge is 0.454 e. The molecule has 40 heavy (non-hydrogen) atoms. The van der Waals surface area contributed by atoms with Gasteiger partial charge in [0.2, 0.25) is 0 Å². The number of aromatic amines is 1. The van der Waals surface area contributed by atoms with E-state index in [1.165, 1.54) is 0 Å². The number of H-pyrrole nitrogens is 1. The molecule has 4 heterocycles. The molecule has 6 nitrogen and oxygen atoms in total. The molecule has 1 atom stereocenters. The lowest BCUT2D eigenvalue weighted by Crippen LogP contribution is -2.28. The van der Waals surface area contributed by atoms with Crippen molar-refractivity contribution in [2.75, 3.05) is 5.32 Å². The van der Waals surface area contributed by atoms with E-state index in [2.05, 4.69) is 46.7 Å². The second-order valence-corrected chi connectivity index (χ2v) is 12.4. The third-order valence-electron chi connectivity index (χ3n) is 7.97. The topological polar surface area (TPSA) is 90.8 Å². The molecule has 1 aliphatic rings. The van der Waals surface area contributed by atoms with Crippen molar-refractivity contribution in [3.63, 3.8) is 0 Å². The first kappa shape index (κ1) is 23.1. The van der Waals surface area contributed by atoms with Crippen LogP contribution in [0.5, 0.6) is 0 Å². The lowest BCUT2D eigenvalue weighted by atomic mass is 9.84. The van der Waals surface area contributed by atoms with Gasteiger partial charge in [0.15, 0.2) is 11.2 Å². The predicted octanol–water partition coefficient (Wildman–Crippen LogP) is 9.70. The van der Waals surface area contributed by atoms with Crippen molar-refractivity contribution in [1.82, 2.24) is 9.73 Å². The van der Waals surface area contributed by atoms with Crippen molar-refractivity contribution in [1.29, 1.82) is 5.41 Å². The molecule has 8 rings (SSSR count). The Kier molecular flexibility index (Phi) is 4.82. The third-order valence-corrected chi connectivity index (χ3v) is 10.0. The first-order valence-corrected chi connectivity index (χ1v) is 14.5. The van der Waals surface area contributed by atoms with Crippen LogP contribution in [0.25, 0.3) is 59.8 Å². The van der Waals surface area contributed by atoms with Crippen LogP contribution >= 0.6 is 7.69 Å². The van der Waals surface area contributed by atoms with Crippen LogP contribution < -0.4 is 5.32 Å². The van der Waals surface area contributed by atoms with Gasteiger partial charge in [-0.3, -0.25) is 0 Å². The summed E-state index contributed by atoms with van der Waals surface area (Å²) >= 11 is 0. The average molecular weight is 541 g/mol. The van der Waals surface area contributed by atoms with Gasteiger partial charge in [-0.15, -0.1) is 0 Å².